The van der Waals surface area contributed by atoms with E-state index >= 15 is 0 Å². The maximum atomic E-state index is 11.7. The first kappa shape index (κ1) is 11.1. The molecule has 0 radical (unpaired) electrons. The molecule has 86 valence electrons. The number of aliphatic hydroxyl groups excluding tert-OH is 1. The molecule has 0 aromatic rings. The summed E-state index contributed by atoms with van der Waals surface area (Å²) in [5, 5.41) is 9.22. The van der Waals surface area contributed by atoms with Crippen molar-refractivity contribution in [1.29, 1.82) is 0 Å². The summed E-state index contributed by atoms with van der Waals surface area (Å²) in [4.78, 5) is 14.0. The second-order valence-electron chi connectivity index (χ2n) is 5.22. The van der Waals surface area contributed by atoms with Crippen LogP contribution in [0.3, 0.4) is 0 Å². The van der Waals surface area contributed by atoms with E-state index in [0.717, 1.165) is 38.8 Å². The number of carbonyl (C=O) groups excluding carboxylic acids is 1. The Balaban J connectivity index is 1.98. The van der Waals surface area contributed by atoms with E-state index in [2.05, 4.69) is 11.8 Å². The number of aliphatic hydroxyl groups is 1. The number of hydrogen-bond donors (Lipinski definition) is 1. The summed E-state index contributed by atoms with van der Waals surface area (Å²) in [6, 6.07) is 0.168. The van der Waals surface area contributed by atoms with E-state index in [0.29, 0.717) is 17.6 Å². The van der Waals surface area contributed by atoms with E-state index in [1.54, 1.807) is 0 Å². The van der Waals surface area contributed by atoms with Crippen LogP contribution in [0.5, 0.6) is 0 Å². The van der Waals surface area contributed by atoms with Crippen LogP contribution < -0.4 is 0 Å². The number of likely N-dealkylation sites (tertiary alicyclic amines) is 1. The molecule has 3 unspecified atom stereocenters. The first-order chi connectivity index (χ1) is 7.20. The topological polar surface area (TPSA) is 40.5 Å². The molecule has 0 aromatic heterocycles. The number of piperidine rings is 1. The second-order valence-corrected chi connectivity index (χ2v) is 5.22. The van der Waals surface area contributed by atoms with Gasteiger partial charge in [-0.3, -0.25) is 9.69 Å². The Morgan fingerprint density at radius 1 is 1.47 bits per heavy atom. The average Bonchev–Trinajstić information content (AvgIpc) is 2.63. The minimum absolute atomic E-state index is 0.168. The highest BCUT2D eigenvalue weighted by Gasteiger charge is 2.34. The third-order valence-corrected chi connectivity index (χ3v) is 3.75. The zero-order valence-electron chi connectivity index (χ0n) is 9.48. The van der Waals surface area contributed by atoms with Gasteiger partial charge in [-0.25, -0.2) is 0 Å². The highest BCUT2D eigenvalue weighted by molar-refractivity contribution is 5.85. The Kier molecular flexibility index (Phi) is 3.42. The van der Waals surface area contributed by atoms with Crippen molar-refractivity contribution < 1.29 is 9.90 Å². The maximum Gasteiger partial charge on any atom is 0.149 e. The number of nitrogens with zero attached hydrogens (tertiary/aromatic N) is 1. The molecule has 2 aliphatic rings. The fourth-order valence-electron chi connectivity index (χ4n) is 3.09. The van der Waals surface area contributed by atoms with Gasteiger partial charge in [-0.2, -0.15) is 0 Å². The molecule has 15 heavy (non-hydrogen) atoms. The van der Waals surface area contributed by atoms with Gasteiger partial charge < -0.3 is 5.11 Å². The van der Waals surface area contributed by atoms with Gasteiger partial charge in [0.2, 0.25) is 0 Å². The van der Waals surface area contributed by atoms with Gasteiger partial charge in [0, 0.05) is 26.1 Å². The normalized spacial score (nSPS) is 38.5. The van der Waals surface area contributed by atoms with E-state index < -0.39 is 0 Å². The van der Waals surface area contributed by atoms with Crippen LogP contribution in [0, 0.1) is 11.8 Å². The fourth-order valence-corrected chi connectivity index (χ4v) is 3.09. The van der Waals surface area contributed by atoms with Crippen LogP contribution in [-0.4, -0.2) is 41.5 Å². The van der Waals surface area contributed by atoms with Crippen molar-refractivity contribution in [2.45, 2.75) is 38.6 Å². The lowest BCUT2D eigenvalue weighted by atomic mass is 9.90. The number of carbonyl (C=O) groups is 1. The highest BCUT2D eigenvalue weighted by atomic mass is 16.3. The summed E-state index contributed by atoms with van der Waals surface area (Å²) in [6.45, 7) is 4.43. The van der Waals surface area contributed by atoms with Crippen molar-refractivity contribution in [3.05, 3.63) is 0 Å². The van der Waals surface area contributed by atoms with Crippen molar-refractivity contribution in [3.8, 4) is 0 Å². The first-order valence-electron chi connectivity index (χ1n) is 6.08. The van der Waals surface area contributed by atoms with Gasteiger partial charge in [-0.15, -0.1) is 0 Å². The minimum Gasteiger partial charge on any atom is -0.396 e. The Morgan fingerprint density at radius 3 is 2.87 bits per heavy atom. The second kappa shape index (κ2) is 4.62. The zero-order chi connectivity index (χ0) is 10.8. The van der Waals surface area contributed by atoms with Gasteiger partial charge in [0.25, 0.3) is 0 Å². The average molecular weight is 211 g/mol. The molecule has 1 heterocycles. The van der Waals surface area contributed by atoms with Crippen LogP contribution in [0.25, 0.3) is 0 Å². The summed E-state index contributed by atoms with van der Waals surface area (Å²) in [5.74, 6) is 1.41. The molecule has 2 fully saturated rings. The predicted octanol–water partition coefficient (Wildman–Crippen LogP) is 1.06. The molecule has 0 bridgehead atoms. The number of hydrogen-bond acceptors (Lipinski definition) is 3. The van der Waals surface area contributed by atoms with Gasteiger partial charge >= 0.3 is 0 Å². The van der Waals surface area contributed by atoms with Crippen LogP contribution >= 0.6 is 0 Å². The van der Waals surface area contributed by atoms with Crippen molar-refractivity contribution in [1.82, 2.24) is 4.90 Å². The van der Waals surface area contributed by atoms with Crippen LogP contribution in [-0.2, 0) is 4.79 Å². The molecule has 0 amide bonds. The summed E-state index contributed by atoms with van der Waals surface area (Å²) in [7, 11) is 0. The van der Waals surface area contributed by atoms with Gasteiger partial charge in [0.15, 0.2) is 0 Å². The van der Waals surface area contributed by atoms with Gasteiger partial charge in [-0.1, -0.05) is 6.92 Å². The van der Waals surface area contributed by atoms with Gasteiger partial charge in [0.1, 0.15) is 5.78 Å². The summed E-state index contributed by atoms with van der Waals surface area (Å²) in [6.07, 6.45) is 3.95. The number of Topliss-reactive ketones (excluding diaryl/α,β-unsaturated/α-hetero) is 1. The lowest BCUT2D eigenvalue weighted by Gasteiger charge is -2.38. The third kappa shape index (κ3) is 2.40. The molecular weight excluding hydrogens is 190 g/mol. The Morgan fingerprint density at radius 2 is 2.27 bits per heavy atom. The zero-order valence-corrected chi connectivity index (χ0v) is 9.48. The number of ketones is 1. The van der Waals surface area contributed by atoms with E-state index in [-0.39, 0.29) is 12.6 Å². The molecule has 0 aromatic carbocycles. The van der Waals surface area contributed by atoms with E-state index in [9.17, 15) is 9.90 Å². The Labute approximate surface area is 91.5 Å². The molecule has 1 N–H and O–H groups in total. The molecule has 3 nitrogen and oxygen atoms in total. The first-order valence-corrected chi connectivity index (χ1v) is 6.08. The van der Waals surface area contributed by atoms with Crippen LogP contribution in [0.1, 0.15) is 32.6 Å². The van der Waals surface area contributed by atoms with E-state index in [4.69, 9.17) is 0 Å². The molecule has 2 rings (SSSR count). The molecule has 3 atom stereocenters. The quantitative estimate of drug-likeness (QED) is 0.742. The Hall–Kier alpha value is -0.410. The van der Waals surface area contributed by atoms with Crippen molar-refractivity contribution in [2.24, 2.45) is 11.8 Å². The van der Waals surface area contributed by atoms with E-state index in [1.807, 2.05) is 0 Å². The third-order valence-electron chi connectivity index (χ3n) is 3.75. The molecule has 1 aliphatic heterocycles. The molecule has 3 heteroatoms. The lowest BCUT2D eigenvalue weighted by Crippen LogP contribution is -2.48. The highest BCUT2D eigenvalue weighted by Crippen LogP contribution is 2.28. The number of rotatable bonds is 2. The molecular formula is C12H21NO2. The largest absolute Gasteiger partial charge is 0.396 e. The SMILES string of the molecule is CC1CC(CO)CN(C2CCCC2=O)C1. The van der Waals surface area contributed by atoms with Crippen LogP contribution in [0.2, 0.25) is 0 Å². The molecule has 0 spiro atoms. The standard InChI is InChI=1S/C12H21NO2/c1-9-5-10(8-14)7-13(6-9)11-3-2-4-12(11)15/h9-11,14H,2-8H2,1H3. The molecule has 1 saturated heterocycles. The minimum atomic E-state index is 0.168. The Bertz CT molecular complexity index is 242. The summed E-state index contributed by atoms with van der Waals surface area (Å²) < 4.78 is 0. The molecule has 1 saturated carbocycles. The van der Waals surface area contributed by atoms with E-state index in [1.165, 1.54) is 0 Å². The van der Waals surface area contributed by atoms with Crippen molar-refractivity contribution in [3.63, 3.8) is 0 Å². The smallest absolute Gasteiger partial charge is 0.149 e. The van der Waals surface area contributed by atoms with Crippen LogP contribution in [0.4, 0.5) is 0 Å². The molecule has 1 aliphatic carbocycles. The summed E-state index contributed by atoms with van der Waals surface area (Å²) in [5.41, 5.74) is 0. The lowest BCUT2D eigenvalue weighted by molar-refractivity contribution is -0.123. The maximum absolute atomic E-state index is 11.7. The fraction of sp³-hybridized carbons (Fsp3) is 0.917. The summed E-state index contributed by atoms with van der Waals surface area (Å²) >= 11 is 0. The van der Waals surface area contributed by atoms with Gasteiger partial charge in [-0.05, 0) is 31.1 Å². The van der Waals surface area contributed by atoms with Gasteiger partial charge in [0.05, 0.1) is 6.04 Å². The monoisotopic (exact) mass is 211 g/mol. The van der Waals surface area contributed by atoms with Crippen molar-refractivity contribution in [2.75, 3.05) is 19.7 Å². The van der Waals surface area contributed by atoms with Crippen molar-refractivity contribution >= 4 is 5.78 Å². The van der Waals surface area contributed by atoms with Crippen LogP contribution in [0.15, 0.2) is 0 Å². The predicted molar refractivity (Wildman–Crippen MR) is 58.6 cm³/mol.